The zero-order valence-corrected chi connectivity index (χ0v) is 36.2. The van der Waals surface area contributed by atoms with Gasteiger partial charge in [0.2, 0.25) is 0 Å². The maximum absolute atomic E-state index is 5.65. The maximum atomic E-state index is 5.65. The predicted octanol–water partition coefficient (Wildman–Crippen LogP) is 16.6. The largest absolute Gasteiger partial charge is 0.309 e. The maximum Gasteiger partial charge on any atom is 0.160 e. The molecule has 0 aliphatic rings. The van der Waals surface area contributed by atoms with E-state index in [1.54, 1.807) is 0 Å². The van der Waals surface area contributed by atoms with Crippen molar-refractivity contribution in [1.29, 1.82) is 0 Å². The molecule has 14 rings (SSSR count). The second kappa shape index (κ2) is 14.8. The van der Waals surface area contributed by atoms with Crippen LogP contribution in [0, 0.1) is 0 Å². The average molecular weight is 851 g/mol. The van der Waals surface area contributed by atoms with E-state index in [-0.39, 0.29) is 0 Å². The Hall–Kier alpha value is -8.99. The van der Waals surface area contributed by atoms with E-state index in [0.717, 1.165) is 88.5 Å². The van der Waals surface area contributed by atoms with Gasteiger partial charge in [-0.3, -0.25) is 0 Å². The minimum Gasteiger partial charge on any atom is -0.309 e. The highest BCUT2D eigenvalue weighted by atomic mass is 15.0. The summed E-state index contributed by atoms with van der Waals surface area (Å²) in [5.41, 5.74) is 11.1. The SMILES string of the molecule is c1ccc(-c2nc3cc(-c4nc(-c5cc6ccccc6c6ccccc56)cc(-c5cc6ccccc6c6ccccc56)n4)ccc3c3ccc4c(c5ccccc5n4-c4ccccc4)c23)cc1. The first-order chi connectivity index (χ1) is 33.2. The Labute approximate surface area is 385 Å². The van der Waals surface area contributed by atoms with E-state index in [4.69, 9.17) is 15.0 Å². The van der Waals surface area contributed by atoms with Gasteiger partial charge in [-0.25, -0.2) is 15.0 Å². The zero-order valence-electron chi connectivity index (χ0n) is 36.2. The number of nitrogens with zero attached hydrogens (tertiary/aromatic N) is 4. The fourth-order valence-electron chi connectivity index (χ4n) is 10.7. The summed E-state index contributed by atoms with van der Waals surface area (Å²) in [7, 11) is 0. The molecule has 0 radical (unpaired) electrons. The molecule has 0 fully saturated rings. The number of aromatic nitrogens is 4. The molecule has 0 amide bonds. The summed E-state index contributed by atoms with van der Waals surface area (Å²) in [5.74, 6) is 0.647. The van der Waals surface area contributed by atoms with E-state index in [0.29, 0.717) is 5.82 Å². The molecule has 3 heterocycles. The molecule has 11 aromatic carbocycles. The summed E-state index contributed by atoms with van der Waals surface area (Å²) in [6.07, 6.45) is 0. The molecule has 0 aliphatic heterocycles. The van der Waals surface area contributed by atoms with Crippen molar-refractivity contribution in [2.75, 3.05) is 0 Å². The van der Waals surface area contributed by atoms with Crippen LogP contribution in [0.3, 0.4) is 0 Å². The summed E-state index contributed by atoms with van der Waals surface area (Å²) < 4.78 is 2.38. The minimum atomic E-state index is 0.647. The molecule has 14 aromatic rings. The number of benzene rings is 11. The van der Waals surface area contributed by atoms with Gasteiger partial charge in [-0.1, -0.05) is 182 Å². The van der Waals surface area contributed by atoms with Crippen molar-refractivity contribution >= 4 is 86.6 Å². The van der Waals surface area contributed by atoms with Crippen LogP contribution < -0.4 is 0 Å². The van der Waals surface area contributed by atoms with Gasteiger partial charge in [-0.05, 0) is 97.0 Å². The summed E-state index contributed by atoms with van der Waals surface area (Å²) in [4.78, 5) is 16.7. The third-order valence-corrected chi connectivity index (χ3v) is 13.7. The molecule has 3 aromatic heterocycles. The van der Waals surface area contributed by atoms with Crippen LogP contribution in [0.25, 0.3) is 137 Å². The van der Waals surface area contributed by atoms with Crippen LogP contribution in [0.15, 0.2) is 231 Å². The molecular weight excluding hydrogens is 813 g/mol. The highest BCUT2D eigenvalue weighted by molar-refractivity contribution is 6.28. The van der Waals surface area contributed by atoms with Gasteiger partial charge in [0.1, 0.15) is 0 Å². The van der Waals surface area contributed by atoms with Gasteiger partial charge in [0, 0.05) is 49.5 Å². The molecule has 4 heteroatoms. The molecule has 0 N–H and O–H groups in total. The van der Waals surface area contributed by atoms with Crippen LogP contribution >= 0.6 is 0 Å². The Morgan fingerprint density at radius 1 is 0.299 bits per heavy atom. The Morgan fingerprint density at radius 3 is 1.46 bits per heavy atom. The van der Waals surface area contributed by atoms with Gasteiger partial charge in [0.15, 0.2) is 5.82 Å². The van der Waals surface area contributed by atoms with Gasteiger partial charge >= 0.3 is 0 Å². The second-order valence-electron chi connectivity index (χ2n) is 17.5. The van der Waals surface area contributed by atoms with Gasteiger partial charge in [-0.2, -0.15) is 0 Å². The van der Waals surface area contributed by atoms with Crippen molar-refractivity contribution in [3.8, 4) is 50.8 Å². The smallest absolute Gasteiger partial charge is 0.160 e. The standard InChI is InChI=1S/C63H38N4/c1-3-17-39(18-4-1)62-61-51(33-34-59-60(61)52-29-15-16-30-58(52)67(59)43-21-5-2-6-22-43)50-32-31-42(37-55(50)64-62)63-65-56(53-35-40-19-7-9-23-44(40)46-25-11-13-27-48(46)53)38-57(66-63)54-36-41-20-8-10-24-45(41)47-26-12-14-28-49(47)54/h1-38H. The predicted molar refractivity (Wildman–Crippen MR) is 281 cm³/mol. The minimum absolute atomic E-state index is 0.647. The summed E-state index contributed by atoms with van der Waals surface area (Å²) in [5, 5.41) is 15.3. The van der Waals surface area contributed by atoms with Gasteiger partial charge < -0.3 is 4.57 Å². The van der Waals surface area contributed by atoms with Crippen LogP contribution in [-0.2, 0) is 0 Å². The van der Waals surface area contributed by atoms with E-state index in [1.807, 2.05) is 0 Å². The first-order valence-corrected chi connectivity index (χ1v) is 22.9. The second-order valence-corrected chi connectivity index (χ2v) is 17.5. The number of hydrogen-bond donors (Lipinski definition) is 0. The van der Waals surface area contributed by atoms with Crippen LogP contribution in [-0.4, -0.2) is 19.5 Å². The Bertz CT molecular complexity index is 4190. The van der Waals surface area contributed by atoms with Gasteiger partial charge in [-0.15, -0.1) is 0 Å². The number of para-hydroxylation sites is 2. The zero-order chi connectivity index (χ0) is 44.0. The molecular formula is C63H38N4. The molecule has 0 saturated heterocycles. The van der Waals surface area contributed by atoms with Crippen molar-refractivity contribution in [2.45, 2.75) is 0 Å². The van der Waals surface area contributed by atoms with Crippen molar-refractivity contribution in [2.24, 2.45) is 0 Å². The fourth-order valence-corrected chi connectivity index (χ4v) is 10.7. The normalized spacial score (nSPS) is 11.9. The Morgan fingerprint density at radius 2 is 0.821 bits per heavy atom. The van der Waals surface area contributed by atoms with Crippen molar-refractivity contribution in [3.63, 3.8) is 0 Å². The van der Waals surface area contributed by atoms with E-state index < -0.39 is 0 Å². The molecule has 0 spiro atoms. The first-order valence-electron chi connectivity index (χ1n) is 22.9. The quantitative estimate of drug-likeness (QED) is 0.162. The van der Waals surface area contributed by atoms with E-state index in [9.17, 15) is 0 Å². The molecule has 0 bridgehead atoms. The van der Waals surface area contributed by atoms with E-state index in [2.05, 4.69) is 235 Å². The van der Waals surface area contributed by atoms with E-state index >= 15 is 0 Å². The lowest BCUT2D eigenvalue weighted by atomic mass is 9.93. The van der Waals surface area contributed by atoms with Crippen LogP contribution in [0.5, 0.6) is 0 Å². The molecule has 0 atom stereocenters. The van der Waals surface area contributed by atoms with E-state index in [1.165, 1.54) is 43.1 Å². The van der Waals surface area contributed by atoms with Crippen molar-refractivity contribution in [3.05, 3.63) is 231 Å². The lowest BCUT2D eigenvalue weighted by molar-refractivity contribution is 1.18. The van der Waals surface area contributed by atoms with Gasteiger partial charge in [0.25, 0.3) is 0 Å². The van der Waals surface area contributed by atoms with Crippen molar-refractivity contribution < 1.29 is 0 Å². The lowest BCUT2D eigenvalue weighted by Crippen LogP contribution is -1.98. The highest BCUT2D eigenvalue weighted by Crippen LogP contribution is 2.44. The summed E-state index contributed by atoms with van der Waals surface area (Å²) in [6, 6.07) is 82.6. The van der Waals surface area contributed by atoms with Crippen molar-refractivity contribution in [1.82, 2.24) is 19.5 Å². The van der Waals surface area contributed by atoms with Crippen LogP contribution in [0.2, 0.25) is 0 Å². The summed E-state index contributed by atoms with van der Waals surface area (Å²) >= 11 is 0. The number of fused-ring (bicyclic) bond motifs is 13. The molecule has 0 aliphatic carbocycles. The average Bonchev–Trinajstić information content (AvgIpc) is 3.75. The monoisotopic (exact) mass is 850 g/mol. The van der Waals surface area contributed by atoms with Crippen LogP contribution in [0.1, 0.15) is 0 Å². The number of pyridine rings is 1. The number of rotatable bonds is 5. The van der Waals surface area contributed by atoms with Crippen LogP contribution in [0.4, 0.5) is 0 Å². The lowest BCUT2D eigenvalue weighted by Gasteiger charge is -2.16. The highest BCUT2D eigenvalue weighted by Gasteiger charge is 2.22. The third kappa shape index (κ3) is 5.83. The molecule has 310 valence electrons. The Balaban J connectivity index is 1.05. The molecule has 4 nitrogen and oxygen atoms in total. The molecule has 0 saturated carbocycles. The first kappa shape index (κ1) is 37.4. The molecule has 0 unspecified atom stereocenters. The third-order valence-electron chi connectivity index (χ3n) is 13.7. The topological polar surface area (TPSA) is 43.6 Å². The Kier molecular flexibility index (Phi) is 8.25. The fraction of sp³-hybridized carbons (Fsp3) is 0. The summed E-state index contributed by atoms with van der Waals surface area (Å²) in [6.45, 7) is 0. The molecule has 67 heavy (non-hydrogen) atoms. The van der Waals surface area contributed by atoms with Gasteiger partial charge in [0.05, 0.1) is 33.6 Å². The number of hydrogen-bond acceptors (Lipinski definition) is 3.